The molecule has 128 valence electrons. The van der Waals surface area contributed by atoms with E-state index in [4.69, 9.17) is 9.26 Å². The van der Waals surface area contributed by atoms with E-state index in [0.29, 0.717) is 11.7 Å². The van der Waals surface area contributed by atoms with Gasteiger partial charge < -0.3 is 14.4 Å². The van der Waals surface area contributed by atoms with Gasteiger partial charge in [0, 0.05) is 15.6 Å². The van der Waals surface area contributed by atoms with Crippen LogP contribution in [0.2, 0.25) is 0 Å². The van der Waals surface area contributed by atoms with Gasteiger partial charge in [0.2, 0.25) is 5.82 Å². The van der Waals surface area contributed by atoms with E-state index in [1.54, 1.807) is 24.3 Å². The van der Waals surface area contributed by atoms with Gasteiger partial charge in [0.25, 0.3) is 5.89 Å². The molecule has 0 aliphatic rings. The summed E-state index contributed by atoms with van der Waals surface area (Å²) >= 11 is 3.40. The third-order valence-corrected chi connectivity index (χ3v) is 4.23. The van der Waals surface area contributed by atoms with Gasteiger partial charge in [-0.2, -0.15) is 4.98 Å². The number of aromatic nitrogens is 2. The summed E-state index contributed by atoms with van der Waals surface area (Å²) in [6.07, 6.45) is 0. The van der Waals surface area contributed by atoms with Crippen LogP contribution < -0.4 is 4.74 Å². The van der Waals surface area contributed by atoms with E-state index in [-0.39, 0.29) is 5.75 Å². The molecule has 1 N–H and O–H groups in total. The highest BCUT2D eigenvalue weighted by molar-refractivity contribution is 9.10. The van der Waals surface area contributed by atoms with Crippen LogP contribution in [0, 0.1) is 0 Å². The van der Waals surface area contributed by atoms with E-state index in [0.717, 1.165) is 27.1 Å². The first-order valence-corrected chi connectivity index (χ1v) is 8.64. The summed E-state index contributed by atoms with van der Waals surface area (Å²) in [5, 5.41) is 13.4. The summed E-state index contributed by atoms with van der Waals surface area (Å²) in [4.78, 5) is 4.40. The lowest BCUT2D eigenvalue weighted by molar-refractivity contribution is 0.432. The fraction of sp³-hybridized carbons (Fsp3) is 0. The number of ether oxygens (including phenoxy) is 1. The highest BCUT2D eigenvalue weighted by atomic mass is 79.9. The molecule has 1 aromatic heterocycles. The Morgan fingerprint density at radius 1 is 0.769 bits per heavy atom. The monoisotopic (exact) mass is 408 g/mol. The van der Waals surface area contributed by atoms with Crippen LogP contribution in [-0.2, 0) is 0 Å². The third kappa shape index (κ3) is 3.60. The van der Waals surface area contributed by atoms with Crippen LogP contribution in [0.3, 0.4) is 0 Å². The van der Waals surface area contributed by atoms with E-state index >= 15 is 0 Å². The molecule has 0 radical (unpaired) electrons. The first kappa shape index (κ1) is 16.4. The van der Waals surface area contributed by atoms with Crippen molar-refractivity contribution in [2.75, 3.05) is 0 Å². The van der Waals surface area contributed by atoms with Crippen molar-refractivity contribution in [1.29, 1.82) is 0 Å². The Hall–Kier alpha value is -3.12. The average Bonchev–Trinajstić information content (AvgIpc) is 3.15. The summed E-state index contributed by atoms with van der Waals surface area (Å²) in [5.41, 5.74) is 1.57. The molecule has 0 fully saturated rings. The quantitative estimate of drug-likeness (QED) is 0.471. The zero-order valence-corrected chi connectivity index (χ0v) is 15.1. The minimum Gasteiger partial charge on any atom is -0.508 e. The number of nitrogens with zero attached hydrogens (tertiary/aromatic N) is 2. The Bertz CT molecular complexity index is 1010. The normalized spacial score (nSPS) is 10.7. The first-order chi connectivity index (χ1) is 12.7. The van der Waals surface area contributed by atoms with Crippen LogP contribution in [0.25, 0.3) is 22.8 Å². The number of phenols is 1. The van der Waals surface area contributed by atoms with Gasteiger partial charge in [-0.15, -0.1) is 0 Å². The number of hydrogen-bond acceptors (Lipinski definition) is 5. The molecule has 0 amide bonds. The molecule has 4 aromatic rings. The second-order valence-electron chi connectivity index (χ2n) is 5.55. The van der Waals surface area contributed by atoms with Crippen molar-refractivity contribution in [1.82, 2.24) is 10.1 Å². The molecule has 0 saturated heterocycles. The van der Waals surface area contributed by atoms with Gasteiger partial charge in [-0.05, 0) is 72.8 Å². The van der Waals surface area contributed by atoms with Crippen LogP contribution >= 0.6 is 15.9 Å². The maximum absolute atomic E-state index is 9.35. The standard InChI is InChI=1S/C20H13BrN2O3/c21-15-5-11-18(12-6-15)25-17-9-3-13(4-10-17)19-22-20(26-23-19)14-1-7-16(24)8-2-14/h1-12,24H. The van der Waals surface area contributed by atoms with E-state index in [9.17, 15) is 5.11 Å². The number of phenolic OH excluding ortho intramolecular Hbond substituents is 1. The molecule has 0 unspecified atom stereocenters. The Labute approximate surface area is 158 Å². The molecule has 1 heterocycles. The molecule has 0 atom stereocenters. The molecule has 0 spiro atoms. The van der Waals surface area contributed by atoms with Gasteiger partial charge in [-0.25, -0.2) is 0 Å². The highest BCUT2D eigenvalue weighted by Gasteiger charge is 2.11. The maximum Gasteiger partial charge on any atom is 0.258 e. The lowest BCUT2D eigenvalue weighted by Gasteiger charge is -2.05. The van der Waals surface area contributed by atoms with Crippen LogP contribution in [-0.4, -0.2) is 15.2 Å². The number of hydrogen-bond donors (Lipinski definition) is 1. The van der Waals surface area contributed by atoms with Gasteiger partial charge in [0.15, 0.2) is 0 Å². The minimum atomic E-state index is 0.190. The molecule has 3 aromatic carbocycles. The highest BCUT2D eigenvalue weighted by Crippen LogP contribution is 2.27. The molecule has 0 aliphatic heterocycles. The molecule has 6 heteroatoms. The number of benzene rings is 3. The second kappa shape index (κ2) is 7.01. The molecule has 0 bridgehead atoms. The van der Waals surface area contributed by atoms with Crippen molar-refractivity contribution in [2.24, 2.45) is 0 Å². The van der Waals surface area contributed by atoms with Crippen LogP contribution in [0.15, 0.2) is 81.8 Å². The van der Waals surface area contributed by atoms with Crippen molar-refractivity contribution in [3.05, 3.63) is 77.3 Å². The smallest absolute Gasteiger partial charge is 0.258 e. The predicted octanol–water partition coefficient (Wildman–Crippen LogP) is 5.66. The maximum atomic E-state index is 9.35. The largest absolute Gasteiger partial charge is 0.508 e. The van der Waals surface area contributed by atoms with Crippen molar-refractivity contribution in [3.8, 4) is 40.1 Å². The Kier molecular flexibility index (Phi) is 4.41. The molecular weight excluding hydrogens is 396 g/mol. The molecule has 5 nitrogen and oxygen atoms in total. The Balaban J connectivity index is 1.52. The van der Waals surface area contributed by atoms with Gasteiger partial charge in [0.05, 0.1) is 0 Å². The third-order valence-electron chi connectivity index (χ3n) is 3.70. The fourth-order valence-electron chi connectivity index (χ4n) is 2.37. The SMILES string of the molecule is Oc1ccc(-c2nc(-c3ccc(Oc4ccc(Br)cc4)cc3)no2)cc1. The fourth-order valence-corrected chi connectivity index (χ4v) is 2.64. The van der Waals surface area contributed by atoms with Crippen LogP contribution in [0.5, 0.6) is 17.2 Å². The summed E-state index contributed by atoms with van der Waals surface area (Å²) in [5.74, 6) is 2.56. The predicted molar refractivity (Wildman–Crippen MR) is 101 cm³/mol. The minimum absolute atomic E-state index is 0.190. The molecule has 0 aliphatic carbocycles. The van der Waals surface area contributed by atoms with E-state index in [1.165, 1.54) is 0 Å². The van der Waals surface area contributed by atoms with Gasteiger partial charge in [-0.3, -0.25) is 0 Å². The Morgan fingerprint density at radius 3 is 2.00 bits per heavy atom. The van der Waals surface area contributed by atoms with E-state index in [1.807, 2.05) is 48.5 Å². The first-order valence-electron chi connectivity index (χ1n) is 7.84. The van der Waals surface area contributed by atoms with Crippen LogP contribution in [0.1, 0.15) is 0 Å². The second-order valence-corrected chi connectivity index (χ2v) is 6.47. The van der Waals surface area contributed by atoms with Crippen LogP contribution in [0.4, 0.5) is 0 Å². The van der Waals surface area contributed by atoms with Crippen molar-refractivity contribution in [3.63, 3.8) is 0 Å². The summed E-state index contributed by atoms with van der Waals surface area (Å²) in [6.45, 7) is 0. The number of rotatable bonds is 4. The zero-order chi connectivity index (χ0) is 17.9. The summed E-state index contributed by atoms with van der Waals surface area (Å²) < 4.78 is 12.1. The summed E-state index contributed by atoms with van der Waals surface area (Å²) in [6, 6.07) is 21.7. The zero-order valence-electron chi connectivity index (χ0n) is 13.5. The topological polar surface area (TPSA) is 68.4 Å². The molecule has 0 saturated carbocycles. The Morgan fingerprint density at radius 2 is 1.35 bits per heavy atom. The average molecular weight is 409 g/mol. The lowest BCUT2D eigenvalue weighted by Crippen LogP contribution is -1.85. The number of halogens is 1. The lowest BCUT2D eigenvalue weighted by atomic mass is 10.2. The molecular formula is C20H13BrN2O3. The van der Waals surface area contributed by atoms with Crippen molar-refractivity contribution in [2.45, 2.75) is 0 Å². The van der Waals surface area contributed by atoms with Crippen molar-refractivity contribution < 1.29 is 14.4 Å². The molecule has 4 rings (SSSR count). The van der Waals surface area contributed by atoms with E-state index < -0.39 is 0 Å². The van der Waals surface area contributed by atoms with Crippen molar-refractivity contribution >= 4 is 15.9 Å². The van der Waals surface area contributed by atoms with Gasteiger partial charge in [-0.1, -0.05) is 21.1 Å². The van der Waals surface area contributed by atoms with Gasteiger partial charge in [0.1, 0.15) is 17.2 Å². The summed E-state index contributed by atoms with van der Waals surface area (Å²) in [7, 11) is 0. The van der Waals surface area contributed by atoms with E-state index in [2.05, 4.69) is 26.1 Å². The molecule has 26 heavy (non-hydrogen) atoms. The number of aromatic hydroxyl groups is 1. The van der Waals surface area contributed by atoms with Gasteiger partial charge >= 0.3 is 0 Å².